The Balaban J connectivity index is 2.69. The molecule has 4 nitrogen and oxygen atoms in total. The maximum atomic E-state index is 12.5. The van der Waals surface area contributed by atoms with Gasteiger partial charge in [0.1, 0.15) is 5.56 Å². The fourth-order valence-corrected chi connectivity index (χ4v) is 2.42. The van der Waals surface area contributed by atoms with Gasteiger partial charge in [-0.15, -0.1) is 0 Å². The van der Waals surface area contributed by atoms with Crippen LogP contribution in [0.4, 0.5) is 0 Å². The number of aromatic nitrogens is 1. The molecule has 0 saturated carbocycles. The number of halogens is 2. The van der Waals surface area contributed by atoms with Crippen molar-refractivity contribution in [2.75, 3.05) is 14.2 Å². The molecule has 0 aliphatic rings. The van der Waals surface area contributed by atoms with Gasteiger partial charge in [-0.2, -0.15) is 0 Å². The maximum Gasteiger partial charge on any atom is 0.202 e. The van der Waals surface area contributed by atoms with Crippen molar-refractivity contribution in [3.8, 4) is 11.5 Å². The van der Waals surface area contributed by atoms with Gasteiger partial charge in [0.05, 0.1) is 24.3 Å². The molecule has 0 spiro atoms. The van der Waals surface area contributed by atoms with Crippen LogP contribution < -0.4 is 9.47 Å². The number of benzene rings is 1. The van der Waals surface area contributed by atoms with Crippen LogP contribution in [0.15, 0.2) is 24.5 Å². The highest BCUT2D eigenvalue weighted by molar-refractivity contribution is 6.38. The normalized spacial score (nSPS) is 10.3. The standard InChI is InChI=1S/C13H11Cl2NO3/c1-18-12-8(14)5-9(15)13(19-2)10(12)11(17)7-3-4-16-6-7/h3-6,16H,1-2H3. The van der Waals surface area contributed by atoms with Crippen LogP contribution in [0, 0.1) is 0 Å². The number of methoxy groups -OCH3 is 2. The van der Waals surface area contributed by atoms with E-state index in [-0.39, 0.29) is 32.9 Å². The summed E-state index contributed by atoms with van der Waals surface area (Å²) in [6.45, 7) is 0. The summed E-state index contributed by atoms with van der Waals surface area (Å²) in [4.78, 5) is 15.3. The third kappa shape index (κ3) is 2.41. The van der Waals surface area contributed by atoms with Gasteiger partial charge >= 0.3 is 0 Å². The first kappa shape index (κ1) is 13.8. The van der Waals surface area contributed by atoms with E-state index in [2.05, 4.69) is 4.98 Å². The first-order valence-electron chi connectivity index (χ1n) is 5.37. The molecule has 2 rings (SSSR count). The predicted octanol–water partition coefficient (Wildman–Crippen LogP) is 3.57. The molecule has 1 aromatic carbocycles. The zero-order valence-electron chi connectivity index (χ0n) is 10.3. The molecule has 0 fully saturated rings. The number of ether oxygens (including phenoxy) is 2. The Labute approximate surface area is 120 Å². The van der Waals surface area contributed by atoms with Crippen LogP contribution in [0.5, 0.6) is 11.5 Å². The highest BCUT2D eigenvalue weighted by atomic mass is 35.5. The molecule has 0 bridgehead atoms. The summed E-state index contributed by atoms with van der Waals surface area (Å²) in [5, 5.41) is 0.513. The van der Waals surface area contributed by atoms with Gasteiger partial charge in [-0.05, 0) is 12.1 Å². The highest BCUT2D eigenvalue weighted by Crippen LogP contribution is 2.42. The summed E-state index contributed by atoms with van der Waals surface area (Å²) in [6.07, 6.45) is 3.23. The lowest BCUT2D eigenvalue weighted by atomic mass is 10.0. The third-order valence-corrected chi connectivity index (χ3v) is 3.20. The van der Waals surface area contributed by atoms with Gasteiger partial charge < -0.3 is 14.5 Å². The van der Waals surface area contributed by atoms with Crippen molar-refractivity contribution in [2.45, 2.75) is 0 Å². The molecule has 0 saturated heterocycles. The number of carbonyl (C=O) groups excluding carboxylic acids is 1. The molecule has 1 aromatic heterocycles. The summed E-state index contributed by atoms with van der Waals surface area (Å²) in [5.74, 6) is 0.211. The smallest absolute Gasteiger partial charge is 0.202 e. The van der Waals surface area contributed by atoms with E-state index in [1.165, 1.54) is 20.3 Å². The van der Waals surface area contributed by atoms with E-state index < -0.39 is 0 Å². The Hall–Kier alpha value is -1.65. The average molecular weight is 300 g/mol. The summed E-state index contributed by atoms with van der Waals surface area (Å²) >= 11 is 12.1. The minimum atomic E-state index is -0.278. The van der Waals surface area contributed by atoms with Crippen LogP contribution >= 0.6 is 23.2 Å². The van der Waals surface area contributed by atoms with E-state index >= 15 is 0 Å². The monoisotopic (exact) mass is 299 g/mol. The minimum Gasteiger partial charge on any atom is -0.494 e. The van der Waals surface area contributed by atoms with E-state index in [1.54, 1.807) is 18.5 Å². The number of carbonyl (C=O) groups is 1. The minimum absolute atomic E-state index is 0.210. The molecule has 0 aliphatic heterocycles. The van der Waals surface area contributed by atoms with Gasteiger partial charge in [0.15, 0.2) is 11.5 Å². The largest absolute Gasteiger partial charge is 0.494 e. The number of hydrogen-bond donors (Lipinski definition) is 1. The Morgan fingerprint density at radius 1 is 1.16 bits per heavy atom. The van der Waals surface area contributed by atoms with Crippen molar-refractivity contribution in [3.63, 3.8) is 0 Å². The van der Waals surface area contributed by atoms with E-state index in [1.807, 2.05) is 0 Å². The van der Waals surface area contributed by atoms with Gasteiger partial charge in [0, 0.05) is 18.0 Å². The van der Waals surface area contributed by atoms with Crippen molar-refractivity contribution in [1.82, 2.24) is 4.98 Å². The van der Waals surface area contributed by atoms with Crippen molar-refractivity contribution < 1.29 is 14.3 Å². The Kier molecular flexibility index (Phi) is 4.02. The van der Waals surface area contributed by atoms with Gasteiger partial charge in [-0.25, -0.2) is 0 Å². The molecule has 0 unspecified atom stereocenters. The van der Waals surface area contributed by atoms with Gasteiger partial charge in [0.2, 0.25) is 5.78 Å². The number of H-pyrrole nitrogens is 1. The molecule has 100 valence electrons. The zero-order valence-corrected chi connectivity index (χ0v) is 11.8. The quantitative estimate of drug-likeness (QED) is 0.878. The third-order valence-electron chi connectivity index (χ3n) is 2.64. The number of ketones is 1. The lowest BCUT2D eigenvalue weighted by Crippen LogP contribution is -2.07. The van der Waals surface area contributed by atoms with Crippen LogP contribution in [0.3, 0.4) is 0 Å². The van der Waals surface area contributed by atoms with Crippen LogP contribution in [-0.4, -0.2) is 25.0 Å². The molecule has 0 aliphatic carbocycles. The number of aromatic amines is 1. The second-order valence-electron chi connectivity index (χ2n) is 3.71. The van der Waals surface area contributed by atoms with Gasteiger partial charge in [-0.1, -0.05) is 23.2 Å². The molecular weight excluding hydrogens is 289 g/mol. The Bertz CT molecular complexity index is 581. The van der Waals surface area contributed by atoms with E-state index in [0.717, 1.165) is 0 Å². The molecule has 19 heavy (non-hydrogen) atoms. The fourth-order valence-electron chi connectivity index (χ4n) is 1.80. The highest BCUT2D eigenvalue weighted by Gasteiger charge is 2.25. The lowest BCUT2D eigenvalue weighted by molar-refractivity contribution is 0.103. The Morgan fingerprint density at radius 3 is 2.16 bits per heavy atom. The first-order chi connectivity index (χ1) is 9.10. The van der Waals surface area contributed by atoms with Crippen LogP contribution in [0.1, 0.15) is 15.9 Å². The van der Waals surface area contributed by atoms with Crippen LogP contribution in [0.2, 0.25) is 10.0 Å². The molecule has 2 aromatic rings. The van der Waals surface area contributed by atoms with Crippen LogP contribution in [0.25, 0.3) is 0 Å². The van der Waals surface area contributed by atoms with Crippen molar-refractivity contribution >= 4 is 29.0 Å². The summed E-state index contributed by atoms with van der Waals surface area (Å²) < 4.78 is 10.4. The lowest BCUT2D eigenvalue weighted by Gasteiger charge is -2.14. The second kappa shape index (κ2) is 5.55. The molecule has 0 radical (unpaired) electrons. The van der Waals surface area contributed by atoms with Crippen molar-refractivity contribution in [1.29, 1.82) is 0 Å². The summed E-state index contributed by atoms with van der Waals surface area (Å²) in [6, 6.07) is 3.13. The molecule has 6 heteroatoms. The number of rotatable bonds is 4. The average Bonchev–Trinajstić information content (AvgIpc) is 2.91. The fraction of sp³-hybridized carbons (Fsp3) is 0.154. The molecular formula is C13H11Cl2NO3. The summed E-state index contributed by atoms with van der Waals surface area (Å²) in [5.41, 5.74) is 0.678. The molecule has 0 atom stereocenters. The molecule has 1 N–H and O–H groups in total. The molecule has 1 heterocycles. The van der Waals surface area contributed by atoms with E-state index in [9.17, 15) is 4.79 Å². The predicted molar refractivity (Wildman–Crippen MR) is 73.8 cm³/mol. The van der Waals surface area contributed by atoms with Gasteiger partial charge in [-0.3, -0.25) is 4.79 Å². The number of hydrogen-bond acceptors (Lipinski definition) is 3. The van der Waals surface area contributed by atoms with Crippen molar-refractivity contribution in [2.24, 2.45) is 0 Å². The topological polar surface area (TPSA) is 51.3 Å². The second-order valence-corrected chi connectivity index (χ2v) is 4.52. The van der Waals surface area contributed by atoms with Gasteiger partial charge in [0.25, 0.3) is 0 Å². The SMILES string of the molecule is COc1c(Cl)cc(Cl)c(OC)c1C(=O)c1cc[nH]c1. The van der Waals surface area contributed by atoms with Crippen molar-refractivity contribution in [3.05, 3.63) is 45.7 Å². The number of nitrogens with one attached hydrogen (secondary N) is 1. The molecule has 0 amide bonds. The van der Waals surface area contributed by atoms with Crippen LogP contribution in [-0.2, 0) is 0 Å². The van der Waals surface area contributed by atoms with E-state index in [4.69, 9.17) is 32.7 Å². The first-order valence-corrected chi connectivity index (χ1v) is 6.13. The maximum absolute atomic E-state index is 12.5. The zero-order chi connectivity index (χ0) is 14.0. The Morgan fingerprint density at radius 2 is 1.74 bits per heavy atom. The van der Waals surface area contributed by atoms with E-state index in [0.29, 0.717) is 5.56 Å². The summed E-state index contributed by atoms with van der Waals surface area (Å²) in [7, 11) is 2.87.